The van der Waals surface area contributed by atoms with Crippen LogP contribution in [0.1, 0.15) is 51.5 Å². The van der Waals surface area contributed by atoms with Crippen molar-refractivity contribution in [2.24, 2.45) is 0 Å². The molecular weight excluding hydrogens is 342 g/mol. The van der Waals surface area contributed by atoms with Gasteiger partial charge in [0.25, 0.3) is 0 Å². The highest BCUT2D eigenvalue weighted by molar-refractivity contribution is 5.67. The van der Waals surface area contributed by atoms with Gasteiger partial charge >= 0.3 is 6.09 Å². The molecule has 150 valence electrons. The molecule has 0 spiro atoms. The van der Waals surface area contributed by atoms with E-state index in [1.165, 1.54) is 5.56 Å². The number of ether oxygens (including phenoxy) is 1. The summed E-state index contributed by atoms with van der Waals surface area (Å²) in [6, 6.07) is 1.05. The largest absolute Gasteiger partial charge is 0.450 e. The van der Waals surface area contributed by atoms with Crippen molar-refractivity contribution in [2.45, 2.75) is 64.5 Å². The Morgan fingerprint density at radius 1 is 1.15 bits per heavy atom. The van der Waals surface area contributed by atoms with Crippen molar-refractivity contribution in [3.8, 4) is 0 Å². The molecule has 2 saturated heterocycles. The molecule has 0 bridgehead atoms. The maximum absolute atomic E-state index is 11.8. The number of amides is 1. The number of anilines is 1. The van der Waals surface area contributed by atoms with Crippen molar-refractivity contribution in [1.82, 2.24) is 20.2 Å². The Labute approximate surface area is 162 Å². The molecule has 1 amide bonds. The molecule has 0 saturated carbocycles. The van der Waals surface area contributed by atoms with Gasteiger partial charge in [-0.1, -0.05) is 13.3 Å². The summed E-state index contributed by atoms with van der Waals surface area (Å²) in [6.45, 7) is 8.14. The van der Waals surface area contributed by atoms with Gasteiger partial charge < -0.3 is 19.9 Å². The Kier molecular flexibility index (Phi) is 7.26. The summed E-state index contributed by atoms with van der Waals surface area (Å²) >= 11 is 0. The van der Waals surface area contributed by atoms with Crippen molar-refractivity contribution >= 4 is 11.9 Å². The van der Waals surface area contributed by atoms with Crippen molar-refractivity contribution in [3.05, 3.63) is 18.1 Å². The predicted molar refractivity (Wildman–Crippen MR) is 106 cm³/mol. The molecule has 1 N–H and O–H groups in total. The Morgan fingerprint density at radius 2 is 1.81 bits per heavy atom. The average molecular weight is 376 g/mol. The fraction of sp³-hybridized carbons (Fsp3) is 0.750. The maximum atomic E-state index is 11.8. The minimum Gasteiger partial charge on any atom is -0.450 e. The van der Waals surface area contributed by atoms with E-state index in [0.29, 0.717) is 18.7 Å². The van der Waals surface area contributed by atoms with Crippen molar-refractivity contribution in [3.63, 3.8) is 0 Å². The predicted octanol–water partition coefficient (Wildman–Crippen LogP) is 2.61. The normalized spacial score (nSPS) is 19.3. The van der Waals surface area contributed by atoms with Gasteiger partial charge in [0, 0.05) is 50.0 Å². The molecule has 7 heteroatoms. The van der Waals surface area contributed by atoms with Crippen LogP contribution >= 0.6 is 0 Å². The summed E-state index contributed by atoms with van der Waals surface area (Å²) in [5.74, 6) is 1.12. The summed E-state index contributed by atoms with van der Waals surface area (Å²) in [6.07, 6.45) is 9.88. The lowest BCUT2D eigenvalue weighted by atomic mass is 9.99. The van der Waals surface area contributed by atoms with Crippen LogP contribution in [0.5, 0.6) is 0 Å². The highest BCUT2D eigenvalue weighted by atomic mass is 16.6. The highest BCUT2D eigenvalue weighted by Gasteiger charge is 2.27. The molecule has 27 heavy (non-hydrogen) atoms. The van der Waals surface area contributed by atoms with Gasteiger partial charge in [0.1, 0.15) is 12.1 Å². The fourth-order valence-electron chi connectivity index (χ4n) is 4.12. The molecule has 0 aliphatic carbocycles. The number of carbonyl (C=O) groups is 1. The summed E-state index contributed by atoms with van der Waals surface area (Å²) in [5, 5.41) is 3.82. The van der Waals surface area contributed by atoms with E-state index in [0.717, 1.165) is 70.5 Å². The number of nitrogens with one attached hydrogen (secondary N) is 1. The zero-order valence-electron chi connectivity index (χ0n) is 16.7. The SMILES string of the molecule is CCCc1cncnc1N1CCC(NC2CCN(C(=O)OCC)CC2)CC1. The maximum Gasteiger partial charge on any atom is 0.409 e. The lowest BCUT2D eigenvalue weighted by molar-refractivity contribution is 0.0938. The van der Waals surface area contributed by atoms with Gasteiger partial charge in [-0.15, -0.1) is 0 Å². The summed E-state index contributed by atoms with van der Waals surface area (Å²) in [7, 11) is 0. The molecule has 1 aromatic rings. The van der Waals surface area contributed by atoms with E-state index in [4.69, 9.17) is 4.74 Å². The molecule has 3 heterocycles. The molecule has 0 aromatic carbocycles. The third kappa shape index (κ3) is 5.31. The molecule has 3 rings (SSSR count). The van der Waals surface area contributed by atoms with Gasteiger partial charge in [-0.2, -0.15) is 0 Å². The van der Waals surface area contributed by atoms with Crippen LogP contribution in [0.4, 0.5) is 10.6 Å². The molecule has 2 aliphatic rings. The van der Waals surface area contributed by atoms with E-state index >= 15 is 0 Å². The van der Waals surface area contributed by atoms with Crippen molar-refractivity contribution in [1.29, 1.82) is 0 Å². The second-order valence-electron chi connectivity index (χ2n) is 7.51. The smallest absolute Gasteiger partial charge is 0.409 e. The molecule has 2 aliphatic heterocycles. The van der Waals surface area contributed by atoms with Crippen LogP contribution < -0.4 is 10.2 Å². The van der Waals surface area contributed by atoms with E-state index in [1.807, 2.05) is 18.0 Å². The first-order valence-electron chi connectivity index (χ1n) is 10.4. The monoisotopic (exact) mass is 375 g/mol. The second kappa shape index (κ2) is 9.88. The average Bonchev–Trinajstić information content (AvgIpc) is 2.70. The first kappa shape index (κ1) is 19.9. The zero-order chi connectivity index (χ0) is 19.1. The van der Waals surface area contributed by atoms with Crippen LogP contribution in [0, 0.1) is 0 Å². The van der Waals surface area contributed by atoms with Gasteiger partial charge in [-0.25, -0.2) is 14.8 Å². The van der Waals surface area contributed by atoms with Crippen LogP contribution in [-0.2, 0) is 11.2 Å². The molecule has 2 fully saturated rings. The number of aromatic nitrogens is 2. The number of carbonyl (C=O) groups excluding carboxylic acids is 1. The van der Waals surface area contributed by atoms with Crippen molar-refractivity contribution < 1.29 is 9.53 Å². The second-order valence-corrected chi connectivity index (χ2v) is 7.51. The first-order chi connectivity index (χ1) is 13.2. The number of piperidine rings is 2. The van der Waals surface area contributed by atoms with E-state index in [-0.39, 0.29) is 6.09 Å². The summed E-state index contributed by atoms with van der Waals surface area (Å²) < 4.78 is 5.10. The van der Waals surface area contributed by atoms with Gasteiger partial charge in [0.15, 0.2) is 0 Å². The van der Waals surface area contributed by atoms with Gasteiger partial charge in [0.05, 0.1) is 6.61 Å². The van der Waals surface area contributed by atoms with Crippen LogP contribution in [0.25, 0.3) is 0 Å². The third-order valence-electron chi connectivity index (χ3n) is 5.57. The number of nitrogens with zero attached hydrogens (tertiary/aromatic N) is 4. The first-order valence-corrected chi connectivity index (χ1v) is 10.4. The van der Waals surface area contributed by atoms with Crippen LogP contribution in [0.3, 0.4) is 0 Å². The summed E-state index contributed by atoms with van der Waals surface area (Å²) in [4.78, 5) is 24.8. The topological polar surface area (TPSA) is 70.6 Å². The van der Waals surface area contributed by atoms with Gasteiger partial charge in [0.2, 0.25) is 0 Å². The fourth-order valence-corrected chi connectivity index (χ4v) is 4.12. The lowest BCUT2D eigenvalue weighted by Gasteiger charge is -2.38. The van der Waals surface area contributed by atoms with Crippen molar-refractivity contribution in [2.75, 3.05) is 37.7 Å². The standard InChI is InChI=1S/C20H33N5O2/c1-3-5-16-14-21-15-22-19(16)24-10-6-17(7-11-24)23-18-8-12-25(13-9-18)20(26)27-4-2/h14-15,17-18,23H,3-13H2,1-2H3. The number of rotatable bonds is 6. The molecular formula is C20H33N5O2. The van der Waals surface area contributed by atoms with Gasteiger partial charge in [-0.3, -0.25) is 0 Å². The Hall–Kier alpha value is -1.89. The molecule has 7 nitrogen and oxygen atoms in total. The third-order valence-corrected chi connectivity index (χ3v) is 5.57. The van der Waals surface area contributed by atoms with Crippen LogP contribution in [0.2, 0.25) is 0 Å². The molecule has 0 atom stereocenters. The highest BCUT2D eigenvalue weighted by Crippen LogP contribution is 2.23. The minimum absolute atomic E-state index is 0.169. The van der Waals surface area contributed by atoms with Gasteiger partial charge in [-0.05, 0) is 39.0 Å². The quantitative estimate of drug-likeness (QED) is 0.824. The summed E-state index contributed by atoms with van der Waals surface area (Å²) in [5.41, 5.74) is 1.26. The molecule has 0 unspecified atom stereocenters. The number of hydrogen-bond donors (Lipinski definition) is 1. The lowest BCUT2D eigenvalue weighted by Crippen LogP contribution is -2.51. The molecule has 0 radical (unpaired) electrons. The molecule has 1 aromatic heterocycles. The van der Waals surface area contributed by atoms with Crippen LogP contribution in [-0.4, -0.2) is 65.8 Å². The van der Waals surface area contributed by atoms with Crippen LogP contribution in [0.15, 0.2) is 12.5 Å². The number of aryl methyl sites for hydroxylation is 1. The van der Waals surface area contributed by atoms with E-state index in [1.54, 1.807) is 6.33 Å². The Morgan fingerprint density at radius 3 is 2.44 bits per heavy atom. The van der Waals surface area contributed by atoms with E-state index in [2.05, 4.69) is 27.1 Å². The Balaban J connectivity index is 1.43. The van der Waals surface area contributed by atoms with E-state index in [9.17, 15) is 4.79 Å². The Bertz CT molecular complexity index is 596. The zero-order valence-corrected chi connectivity index (χ0v) is 16.7. The van der Waals surface area contributed by atoms with E-state index < -0.39 is 0 Å². The number of hydrogen-bond acceptors (Lipinski definition) is 6. The minimum atomic E-state index is -0.169. The number of likely N-dealkylation sites (tertiary alicyclic amines) is 1.